The Morgan fingerprint density at radius 3 is 2.59 bits per heavy atom. The van der Waals surface area contributed by atoms with Gasteiger partial charge in [0.25, 0.3) is 0 Å². The van der Waals surface area contributed by atoms with Gasteiger partial charge in [-0.25, -0.2) is 0 Å². The normalized spacial score (nSPS) is 16.2. The van der Waals surface area contributed by atoms with E-state index in [4.69, 9.17) is 0 Å². The maximum Gasteiger partial charge on any atom is 0.220 e. The van der Waals surface area contributed by atoms with Crippen LogP contribution in [0.25, 0.3) is 0 Å². The van der Waals surface area contributed by atoms with Gasteiger partial charge in [-0.2, -0.15) is 0 Å². The van der Waals surface area contributed by atoms with E-state index < -0.39 is 0 Å². The molecule has 0 aromatic carbocycles. The maximum absolute atomic E-state index is 11.6. The highest BCUT2D eigenvalue weighted by Crippen LogP contribution is 2.18. The third-order valence-corrected chi connectivity index (χ3v) is 4.14. The van der Waals surface area contributed by atoms with Crippen LogP contribution < -0.4 is 16.0 Å². The van der Waals surface area contributed by atoms with Crippen molar-refractivity contribution in [1.29, 1.82) is 0 Å². The zero-order valence-electron chi connectivity index (χ0n) is 14.6. The average Bonchev–Trinajstić information content (AvgIpc) is 3.33. The minimum absolute atomic E-state index is 0.179. The molecule has 22 heavy (non-hydrogen) atoms. The second-order valence-electron chi connectivity index (χ2n) is 6.24. The number of aliphatic imine (C=N–C) groups is 1. The summed E-state index contributed by atoms with van der Waals surface area (Å²) in [6.07, 6.45) is 8.76. The number of nitrogens with zero attached hydrogens (tertiary/aromatic N) is 1. The summed E-state index contributed by atoms with van der Waals surface area (Å²) in [6, 6.07) is 0.462. The molecule has 0 radical (unpaired) electrons. The van der Waals surface area contributed by atoms with Crippen LogP contribution in [-0.4, -0.2) is 38.0 Å². The molecule has 0 heterocycles. The van der Waals surface area contributed by atoms with Crippen LogP contribution >= 0.6 is 0 Å². The monoisotopic (exact) mass is 310 g/mol. The van der Waals surface area contributed by atoms with Gasteiger partial charge in [-0.05, 0) is 31.6 Å². The largest absolute Gasteiger partial charge is 0.356 e. The Morgan fingerprint density at radius 2 is 2.00 bits per heavy atom. The van der Waals surface area contributed by atoms with Gasteiger partial charge in [-0.1, -0.05) is 33.1 Å². The van der Waals surface area contributed by atoms with Gasteiger partial charge in [0, 0.05) is 32.6 Å². The predicted octanol–water partition coefficient (Wildman–Crippen LogP) is 2.43. The molecule has 0 aromatic heterocycles. The Balaban J connectivity index is 2.09. The summed E-state index contributed by atoms with van der Waals surface area (Å²) < 4.78 is 0. The molecule has 128 valence electrons. The molecule has 0 aromatic rings. The first-order valence-electron chi connectivity index (χ1n) is 8.93. The fourth-order valence-corrected chi connectivity index (χ4v) is 2.39. The summed E-state index contributed by atoms with van der Waals surface area (Å²) in [5.74, 6) is 1.73. The van der Waals surface area contributed by atoms with E-state index >= 15 is 0 Å². The molecule has 5 heteroatoms. The Kier molecular flexibility index (Phi) is 9.67. The van der Waals surface area contributed by atoms with Crippen molar-refractivity contribution in [3.8, 4) is 0 Å². The lowest BCUT2D eigenvalue weighted by molar-refractivity contribution is -0.121. The number of carbonyl (C=O) groups is 1. The van der Waals surface area contributed by atoms with E-state index in [1.54, 1.807) is 7.05 Å². The van der Waals surface area contributed by atoms with Gasteiger partial charge in [0.1, 0.15) is 0 Å². The van der Waals surface area contributed by atoms with Crippen LogP contribution in [0.2, 0.25) is 0 Å². The summed E-state index contributed by atoms with van der Waals surface area (Å²) in [5, 5.41) is 9.70. The van der Waals surface area contributed by atoms with Crippen molar-refractivity contribution in [2.75, 3.05) is 20.1 Å². The first kappa shape index (κ1) is 18.8. The van der Waals surface area contributed by atoms with E-state index in [2.05, 4.69) is 34.8 Å². The molecule has 0 aliphatic heterocycles. The quantitative estimate of drug-likeness (QED) is 0.312. The summed E-state index contributed by atoms with van der Waals surface area (Å²) in [4.78, 5) is 15.8. The molecule has 1 aliphatic carbocycles. The number of rotatable bonds is 11. The average molecular weight is 310 g/mol. The molecule has 1 saturated carbocycles. The number of guanidine groups is 1. The molecule has 1 unspecified atom stereocenters. The zero-order valence-corrected chi connectivity index (χ0v) is 14.6. The first-order chi connectivity index (χ1) is 10.7. The second kappa shape index (κ2) is 11.3. The lowest BCUT2D eigenvalue weighted by Gasteiger charge is -2.18. The molecule has 1 amide bonds. The molecule has 1 rings (SSSR count). The number of unbranched alkanes of at least 4 members (excludes halogenated alkanes) is 1. The summed E-state index contributed by atoms with van der Waals surface area (Å²) >= 11 is 0. The van der Waals surface area contributed by atoms with Crippen molar-refractivity contribution in [3.63, 3.8) is 0 Å². The number of hydrogen-bond donors (Lipinski definition) is 3. The Labute approximate surface area is 135 Å². The van der Waals surface area contributed by atoms with Crippen LogP contribution in [0.4, 0.5) is 0 Å². The molecule has 0 bridgehead atoms. The second-order valence-corrected chi connectivity index (χ2v) is 6.24. The third kappa shape index (κ3) is 8.90. The topological polar surface area (TPSA) is 65.5 Å². The van der Waals surface area contributed by atoms with Crippen LogP contribution in [-0.2, 0) is 4.79 Å². The first-order valence-corrected chi connectivity index (χ1v) is 8.93. The fraction of sp³-hybridized carbons (Fsp3) is 0.882. The van der Waals surface area contributed by atoms with Crippen molar-refractivity contribution >= 4 is 11.9 Å². The van der Waals surface area contributed by atoms with E-state index in [-0.39, 0.29) is 5.91 Å². The van der Waals surface area contributed by atoms with Crippen LogP contribution in [0.15, 0.2) is 4.99 Å². The van der Waals surface area contributed by atoms with Crippen LogP contribution in [0.3, 0.4) is 0 Å². The van der Waals surface area contributed by atoms with Crippen molar-refractivity contribution in [1.82, 2.24) is 16.0 Å². The number of nitrogens with one attached hydrogen (secondary N) is 3. The fourth-order valence-electron chi connectivity index (χ4n) is 2.39. The van der Waals surface area contributed by atoms with Gasteiger partial charge in [0.2, 0.25) is 5.91 Å². The highest BCUT2D eigenvalue weighted by atomic mass is 16.1. The van der Waals surface area contributed by atoms with Gasteiger partial charge in [-0.15, -0.1) is 0 Å². The highest BCUT2D eigenvalue weighted by molar-refractivity contribution is 5.80. The van der Waals surface area contributed by atoms with Crippen molar-refractivity contribution < 1.29 is 4.79 Å². The molecular weight excluding hydrogens is 276 g/mol. The summed E-state index contributed by atoms with van der Waals surface area (Å²) in [5.41, 5.74) is 0. The molecule has 0 saturated heterocycles. The third-order valence-electron chi connectivity index (χ3n) is 4.14. The van der Waals surface area contributed by atoms with E-state index in [9.17, 15) is 4.79 Å². The minimum atomic E-state index is 0.179. The van der Waals surface area contributed by atoms with E-state index in [1.807, 2.05) is 0 Å². The standard InChI is InChI=1S/C17H34N4O/c1-4-6-8-14(5-2)13-20-17(18-3)19-12-7-9-16(22)21-15-10-11-15/h14-15H,4-13H2,1-3H3,(H,21,22)(H2,18,19,20). The zero-order chi connectivity index (χ0) is 16.2. The van der Waals surface area contributed by atoms with Gasteiger partial charge in [-0.3, -0.25) is 9.79 Å². The maximum atomic E-state index is 11.6. The lowest BCUT2D eigenvalue weighted by Crippen LogP contribution is -2.40. The number of amides is 1. The van der Waals surface area contributed by atoms with Gasteiger partial charge in [0.05, 0.1) is 0 Å². The predicted molar refractivity (Wildman–Crippen MR) is 93.1 cm³/mol. The SMILES string of the molecule is CCCCC(CC)CNC(=NC)NCCCC(=O)NC1CC1. The summed E-state index contributed by atoms with van der Waals surface area (Å²) in [6.45, 7) is 6.23. The Morgan fingerprint density at radius 1 is 1.23 bits per heavy atom. The van der Waals surface area contributed by atoms with Crippen LogP contribution in [0.1, 0.15) is 65.2 Å². The summed E-state index contributed by atoms with van der Waals surface area (Å²) in [7, 11) is 1.79. The van der Waals surface area contributed by atoms with Gasteiger partial charge >= 0.3 is 0 Å². The molecule has 5 nitrogen and oxygen atoms in total. The Bertz CT molecular complexity index is 340. The van der Waals surface area contributed by atoms with Crippen molar-refractivity contribution in [3.05, 3.63) is 0 Å². The molecule has 0 spiro atoms. The molecular formula is C17H34N4O. The van der Waals surface area contributed by atoms with E-state index in [0.29, 0.717) is 18.4 Å². The molecule has 1 atom stereocenters. The van der Waals surface area contributed by atoms with Crippen LogP contribution in [0, 0.1) is 5.92 Å². The lowest BCUT2D eigenvalue weighted by atomic mass is 9.99. The molecule has 1 fully saturated rings. The highest BCUT2D eigenvalue weighted by Gasteiger charge is 2.22. The van der Waals surface area contributed by atoms with E-state index in [1.165, 1.54) is 25.7 Å². The molecule has 3 N–H and O–H groups in total. The molecule has 1 aliphatic rings. The number of hydrogen-bond acceptors (Lipinski definition) is 2. The minimum Gasteiger partial charge on any atom is -0.356 e. The van der Waals surface area contributed by atoms with Crippen LogP contribution in [0.5, 0.6) is 0 Å². The Hall–Kier alpha value is -1.26. The van der Waals surface area contributed by atoms with E-state index in [0.717, 1.165) is 38.3 Å². The van der Waals surface area contributed by atoms with Gasteiger partial charge < -0.3 is 16.0 Å². The van der Waals surface area contributed by atoms with Crippen molar-refractivity contribution in [2.24, 2.45) is 10.9 Å². The number of carbonyl (C=O) groups excluding carboxylic acids is 1. The van der Waals surface area contributed by atoms with Gasteiger partial charge in [0.15, 0.2) is 5.96 Å². The smallest absolute Gasteiger partial charge is 0.220 e. The van der Waals surface area contributed by atoms with Crippen molar-refractivity contribution in [2.45, 2.75) is 71.3 Å².